The predicted molar refractivity (Wildman–Crippen MR) is 52.9 cm³/mol. The fourth-order valence-electron chi connectivity index (χ4n) is 1.57. The molecule has 0 aromatic rings. The first-order valence-electron chi connectivity index (χ1n) is 5.08. The average Bonchev–Trinajstić information content (AvgIpc) is 2.15. The molecular formula is C9H16F3N3O. The number of likely N-dealkylation sites (N-methyl/N-ethyl adjacent to an activating group) is 1. The molecule has 16 heavy (non-hydrogen) atoms. The van der Waals surface area contributed by atoms with E-state index in [4.69, 9.17) is 0 Å². The quantitative estimate of drug-likeness (QED) is 0.710. The van der Waals surface area contributed by atoms with Gasteiger partial charge >= 0.3 is 6.18 Å². The normalized spacial score (nSPS) is 26.6. The molecule has 1 rings (SSSR count). The molecule has 0 aliphatic carbocycles. The highest BCUT2D eigenvalue weighted by atomic mass is 19.4. The van der Waals surface area contributed by atoms with Crippen molar-refractivity contribution >= 4 is 5.91 Å². The highest BCUT2D eigenvalue weighted by Crippen LogP contribution is 2.16. The van der Waals surface area contributed by atoms with E-state index < -0.39 is 24.7 Å². The Balaban J connectivity index is 2.45. The summed E-state index contributed by atoms with van der Waals surface area (Å²) in [4.78, 5) is 12.3. The van der Waals surface area contributed by atoms with Gasteiger partial charge in [0.2, 0.25) is 5.91 Å². The van der Waals surface area contributed by atoms with Crippen LogP contribution in [-0.4, -0.2) is 55.7 Å². The largest absolute Gasteiger partial charge is 0.406 e. The summed E-state index contributed by atoms with van der Waals surface area (Å²) < 4.78 is 36.2. The van der Waals surface area contributed by atoms with Crippen LogP contribution in [0.3, 0.4) is 0 Å². The zero-order chi connectivity index (χ0) is 12.3. The van der Waals surface area contributed by atoms with Gasteiger partial charge in [-0.1, -0.05) is 0 Å². The van der Waals surface area contributed by atoms with E-state index in [9.17, 15) is 18.0 Å². The average molecular weight is 239 g/mol. The maximum atomic E-state index is 12.1. The number of hydrogen-bond donors (Lipinski definition) is 2. The van der Waals surface area contributed by atoms with Crippen LogP contribution in [0.2, 0.25) is 0 Å². The van der Waals surface area contributed by atoms with Crippen molar-refractivity contribution in [3.05, 3.63) is 0 Å². The van der Waals surface area contributed by atoms with Crippen LogP contribution in [-0.2, 0) is 4.79 Å². The van der Waals surface area contributed by atoms with Crippen molar-refractivity contribution in [3.8, 4) is 0 Å². The van der Waals surface area contributed by atoms with Crippen LogP contribution < -0.4 is 10.6 Å². The first kappa shape index (κ1) is 13.2. The lowest BCUT2D eigenvalue weighted by molar-refractivity contribution is -0.159. The molecule has 0 bridgehead atoms. The van der Waals surface area contributed by atoms with Gasteiger partial charge in [0.25, 0.3) is 0 Å². The van der Waals surface area contributed by atoms with Gasteiger partial charge < -0.3 is 15.5 Å². The zero-order valence-corrected chi connectivity index (χ0v) is 9.27. The lowest BCUT2D eigenvalue weighted by atomic mass is 10.1. The lowest BCUT2D eigenvalue weighted by Crippen LogP contribution is -2.59. The molecule has 4 nitrogen and oxygen atoms in total. The summed E-state index contributed by atoms with van der Waals surface area (Å²) in [5.41, 5.74) is 0. The molecule has 2 N–H and O–H groups in total. The molecule has 0 aromatic carbocycles. The van der Waals surface area contributed by atoms with Gasteiger partial charge in [-0.15, -0.1) is 0 Å². The van der Waals surface area contributed by atoms with Crippen LogP contribution in [0.4, 0.5) is 13.2 Å². The van der Waals surface area contributed by atoms with Crippen LogP contribution >= 0.6 is 0 Å². The molecule has 2 atom stereocenters. The second-order valence-corrected chi connectivity index (χ2v) is 4.08. The molecule has 1 heterocycles. The second kappa shape index (κ2) is 5.01. The Labute approximate surface area is 92.2 Å². The molecule has 1 aliphatic heterocycles. The number of nitrogens with one attached hydrogen (secondary N) is 2. The Morgan fingerprint density at radius 3 is 2.44 bits per heavy atom. The summed E-state index contributed by atoms with van der Waals surface area (Å²) in [5.74, 6) is -0.531. The molecule has 0 aromatic heterocycles. The molecule has 2 unspecified atom stereocenters. The Morgan fingerprint density at radius 2 is 2.00 bits per heavy atom. The van der Waals surface area contributed by atoms with E-state index >= 15 is 0 Å². The van der Waals surface area contributed by atoms with Crippen LogP contribution in [0.25, 0.3) is 0 Å². The van der Waals surface area contributed by atoms with Crippen LogP contribution in [0.15, 0.2) is 0 Å². The molecule has 0 saturated carbocycles. The maximum Gasteiger partial charge on any atom is 0.406 e. The SMILES string of the molecule is CC1CNC(C(=O)N(C)CC(F)(F)F)CN1. The number of carbonyl (C=O) groups is 1. The number of carbonyl (C=O) groups excluding carboxylic acids is 1. The van der Waals surface area contributed by atoms with Crippen molar-refractivity contribution in [3.63, 3.8) is 0 Å². The number of nitrogens with zero attached hydrogens (tertiary/aromatic N) is 1. The third-order valence-corrected chi connectivity index (χ3v) is 2.43. The molecular weight excluding hydrogens is 223 g/mol. The molecule has 7 heteroatoms. The van der Waals surface area contributed by atoms with Gasteiger partial charge in [-0.25, -0.2) is 0 Å². The molecule has 1 amide bonds. The number of piperazine rings is 1. The van der Waals surface area contributed by atoms with E-state index in [0.29, 0.717) is 18.0 Å². The monoisotopic (exact) mass is 239 g/mol. The minimum atomic E-state index is -4.35. The van der Waals surface area contributed by atoms with Gasteiger partial charge in [0.1, 0.15) is 6.54 Å². The maximum absolute atomic E-state index is 12.1. The van der Waals surface area contributed by atoms with Crippen LogP contribution in [0.5, 0.6) is 0 Å². The van der Waals surface area contributed by atoms with Gasteiger partial charge in [0, 0.05) is 26.2 Å². The van der Waals surface area contributed by atoms with Crippen molar-refractivity contribution in [2.24, 2.45) is 0 Å². The summed E-state index contributed by atoms with van der Waals surface area (Å²) >= 11 is 0. The Kier molecular flexibility index (Phi) is 4.15. The number of rotatable bonds is 2. The number of halogens is 3. The van der Waals surface area contributed by atoms with E-state index in [2.05, 4.69) is 10.6 Å². The Hall–Kier alpha value is -0.820. The van der Waals surface area contributed by atoms with Crippen LogP contribution in [0.1, 0.15) is 6.92 Å². The standard InChI is InChI=1S/C9H16F3N3O/c1-6-3-14-7(4-13-6)8(16)15(2)5-9(10,11)12/h6-7,13-14H,3-5H2,1-2H3. The van der Waals surface area contributed by atoms with Crippen molar-refractivity contribution < 1.29 is 18.0 Å². The first-order valence-corrected chi connectivity index (χ1v) is 5.08. The van der Waals surface area contributed by atoms with E-state index in [-0.39, 0.29) is 6.04 Å². The van der Waals surface area contributed by atoms with Gasteiger partial charge in [-0.05, 0) is 6.92 Å². The van der Waals surface area contributed by atoms with Gasteiger partial charge in [0.05, 0.1) is 6.04 Å². The summed E-state index contributed by atoms with van der Waals surface area (Å²) in [6, 6.07) is -0.333. The second-order valence-electron chi connectivity index (χ2n) is 4.08. The highest BCUT2D eigenvalue weighted by Gasteiger charge is 2.34. The topological polar surface area (TPSA) is 44.4 Å². The lowest BCUT2D eigenvalue weighted by Gasteiger charge is -2.31. The van der Waals surface area contributed by atoms with Crippen molar-refractivity contribution in [2.75, 3.05) is 26.7 Å². The number of alkyl halides is 3. The summed E-state index contributed by atoms with van der Waals surface area (Å²) in [6.45, 7) is 1.67. The molecule has 0 radical (unpaired) electrons. The third-order valence-electron chi connectivity index (χ3n) is 2.43. The Morgan fingerprint density at radius 1 is 1.38 bits per heavy atom. The molecule has 0 spiro atoms. The van der Waals surface area contributed by atoms with E-state index in [1.807, 2.05) is 6.92 Å². The summed E-state index contributed by atoms with van der Waals surface area (Å²) in [5, 5.41) is 5.95. The molecule has 1 saturated heterocycles. The van der Waals surface area contributed by atoms with E-state index in [0.717, 1.165) is 7.05 Å². The number of amides is 1. The molecule has 94 valence electrons. The fraction of sp³-hybridized carbons (Fsp3) is 0.889. The highest BCUT2D eigenvalue weighted by molar-refractivity contribution is 5.82. The zero-order valence-electron chi connectivity index (χ0n) is 9.27. The fourth-order valence-corrected chi connectivity index (χ4v) is 1.57. The minimum absolute atomic E-state index is 0.233. The third kappa shape index (κ3) is 3.97. The molecule has 1 fully saturated rings. The smallest absolute Gasteiger partial charge is 0.335 e. The minimum Gasteiger partial charge on any atom is -0.335 e. The summed E-state index contributed by atoms with van der Waals surface area (Å²) in [6.07, 6.45) is -4.35. The number of hydrogen-bond acceptors (Lipinski definition) is 3. The Bertz CT molecular complexity index is 249. The van der Waals surface area contributed by atoms with Gasteiger partial charge in [0.15, 0.2) is 0 Å². The van der Waals surface area contributed by atoms with E-state index in [1.54, 1.807) is 0 Å². The van der Waals surface area contributed by atoms with Crippen molar-refractivity contribution in [1.82, 2.24) is 15.5 Å². The van der Waals surface area contributed by atoms with Gasteiger partial charge in [-0.2, -0.15) is 13.2 Å². The summed E-state index contributed by atoms with van der Waals surface area (Å²) in [7, 11) is 1.16. The van der Waals surface area contributed by atoms with Crippen molar-refractivity contribution in [2.45, 2.75) is 25.2 Å². The molecule has 1 aliphatic rings. The first-order chi connectivity index (χ1) is 7.29. The van der Waals surface area contributed by atoms with Crippen molar-refractivity contribution in [1.29, 1.82) is 0 Å². The predicted octanol–water partition coefficient (Wildman–Crippen LogP) is -0.0430. The van der Waals surface area contributed by atoms with Crippen LogP contribution in [0, 0.1) is 0 Å². The van der Waals surface area contributed by atoms with Gasteiger partial charge in [-0.3, -0.25) is 4.79 Å². The van der Waals surface area contributed by atoms with E-state index in [1.165, 1.54) is 0 Å².